The fourth-order valence-corrected chi connectivity index (χ4v) is 3.64. The number of carbonyl (C=O) groups excluding carboxylic acids is 1. The van der Waals surface area contributed by atoms with Crippen molar-refractivity contribution in [2.24, 2.45) is 0 Å². The van der Waals surface area contributed by atoms with Gasteiger partial charge in [-0.05, 0) is 19.1 Å². The number of ether oxygens (including phenoxy) is 2. The van der Waals surface area contributed by atoms with Gasteiger partial charge >= 0.3 is 6.03 Å². The third-order valence-electron chi connectivity index (χ3n) is 4.91. The van der Waals surface area contributed by atoms with E-state index in [0.717, 1.165) is 5.56 Å². The summed E-state index contributed by atoms with van der Waals surface area (Å²) in [7, 11) is 1.59. The van der Waals surface area contributed by atoms with Gasteiger partial charge in [0.25, 0.3) is 0 Å². The van der Waals surface area contributed by atoms with Gasteiger partial charge in [-0.15, -0.1) is 0 Å². The van der Waals surface area contributed by atoms with E-state index in [4.69, 9.17) is 9.47 Å². The monoisotopic (exact) mass is 342 g/mol. The van der Waals surface area contributed by atoms with E-state index < -0.39 is 11.5 Å². The number of nitrogens with one attached hydrogen (secondary N) is 1. The smallest absolute Gasteiger partial charge is 0.321 e. The molecule has 6 heteroatoms. The Morgan fingerprint density at radius 2 is 2.12 bits per heavy atom. The van der Waals surface area contributed by atoms with Crippen LogP contribution < -0.4 is 14.8 Å². The Morgan fingerprint density at radius 1 is 1.32 bits per heavy atom. The van der Waals surface area contributed by atoms with Crippen LogP contribution >= 0.6 is 0 Å². The van der Waals surface area contributed by atoms with Gasteiger partial charge in [-0.1, -0.05) is 30.3 Å². The molecule has 0 radical (unpaired) electrons. The fourth-order valence-electron chi connectivity index (χ4n) is 3.64. The predicted molar refractivity (Wildman–Crippen MR) is 89.9 cm³/mol. The van der Waals surface area contributed by atoms with Crippen molar-refractivity contribution in [1.82, 2.24) is 10.2 Å². The Kier molecular flexibility index (Phi) is 3.56. The molecule has 0 aromatic heterocycles. The highest BCUT2D eigenvalue weighted by Gasteiger charge is 2.49. The first-order chi connectivity index (χ1) is 12.0. The molecule has 2 aromatic carbocycles. The van der Waals surface area contributed by atoms with E-state index in [9.17, 15) is 9.18 Å². The van der Waals surface area contributed by atoms with Crippen LogP contribution in [0, 0.1) is 5.82 Å². The van der Waals surface area contributed by atoms with Crippen LogP contribution in [0.1, 0.15) is 30.5 Å². The Balaban J connectivity index is 1.71. The van der Waals surface area contributed by atoms with Crippen molar-refractivity contribution in [3.63, 3.8) is 0 Å². The number of para-hydroxylation sites is 2. The molecule has 0 saturated carbocycles. The maximum absolute atomic E-state index is 14.2. The molecule has 1 fully saturated rings. The molecule has 2 heterocycles. The number of hydrogen-bond acceptors (Lipinski definition) is 3. The average molecular weight is 342 g/mol. The van der Waals surface area contributed by atoms with Gasteiger partial charge in [0.2, 0.25) is 0 Å². The van der Waals surface area contributed by atoms with Gasteiger partial charge in [-0.3, -0.25) is 4.90 Å². The Labute approximate surface area is 145 Å². The summed E-state index contributed by atoms with van der Waals surface area (Å²) in [5.41, 5.74) is 0.619. The number of benzene rings is 2. The van der Waals surface area contributed by atoms with E-state index in [2.05, 4.69) is 5.32 Å². The van der Waals surface area contributed by atoms with E-state index in [0.29, 0.717) is 24.3 Å². The summed E-state index contributed by atoms with van der Waals surface area (Å²) in [5.74, 6) is 0.497. The summed E-state index contributed by atoms with van der Waals surface area (Å²) in [6.07, 6.45) is 0.546. The molecule has 0 aliphatic carbocycles. The lowest BCUT2D eigenvalue weighted by atomic mass is 9.90. The van der Waals surface area contributed by atoms with E-state index in [1.807, 2.05) is 31.2 Å². The maximum atomic E-state index is 14.2. The number of carbonyl (C=O) groups is 1. The molecule has 25 heavy (non-hydrogen) atoms. The van der Waals surface area contributed by atoms with Crippen molar-refractivity contribution in [2.45, 2.75) is 31.7 Å². The van der Waals surface area contributed by atoms with Crippen molar-refractivity contribution in [3.05, 3.63) is 59.4 Å². The maximum Gasteiger partial charge on any atom is 0.321 e. The van der Waals surface area contributed by atoms with Gasteiger partial charge in [-0.25, -0.2) is 9.18 Å². The molecule has 0 spiro atoms. The van der Waals surface area contributed by atoms with Crippen LogP contribution in [-0.2, 0) is 6.54 Å². The summed E-state index contributed by atoms with van der Waals surface area (Å²) in [6, 6.07) is 11.8. The summed E-state index contributed by atoms with van der Waals surface area (Å²) < 4.78 is 25.6. The van der Waals surface area contributed by atoms with Crippen molar-refractivity contribution < 1.29 is 18.7 Å². The number of amides is 2. The molecule has 1 N–H and O–H groups in total. The lowest BCUT2D eigenvalue weighted by molar-refractivity contribution is -0.0903. The molecule has 130 valence electrons. The molecule has 2 atom stereocenters. The minimum atomic E-state index is -0.928. The first kappa shape index (κ1) is 15.7. The lowest BCUT2D eigenvalue weighted by Gasteiger charge is -2.50. The van der Waals surface area contributed by atoms with Crippen LogP contribution in [-0.4, -0.2) is 23.8 Å². The Bertz CT molecular complexity index is 841. The topological polar surface area (TPSA) is 50.8 Å². The second kappa shape index (κ2) is 5.65. The Hall–Kier alpha value is -2.76. The zero-order valence-electron chi connectivity index (χ0n) is 14.1. The molecule has 1 saturated heterocycles. The van der Waals surface area contributed by atoms with Crippen LogP contribution in [0.15, 0.2) is 42.5 Å². The van der Waals surface area contributed by atoms with Gasteiger partial charge in [-0.2, -0.15) is 0 Å². The zero-order chi connectivity index (χ0) is 17.6. The minimum absolute atomic E-state index is 0.214. The third kappa shape index (κ3) is 2.49. The number of fused-ring (bicyclic) bond motifs is 4. The molecule has 2 amide bonds. The van der Waals surface area contributed by atoms with E-state index in [1.54, 1.807) is 24.1 Å². The van der Waals surface area contributed by atoms with Crippen molar-refractivity contribution in [1.29, 1.82) is 0 Å². The zero-order valence-corrected chi connectivity index (χ0v) is 14.1. The molecular formula is C19H19FN2O3. The van der Waals surface area contributed by atoms with Crippen LogP contribution in [0.5, 0.6) is 11.5 Å². The van der Waals surface area contributed by atoms with Crippen LogP contribution in [0.25, 0.3) is 0 Å². The second-order valence-corrected chi connectivity index (χ2v) is 6.54. The van der Waals surface area contributed by atoms with Crippen LogP contribution in [0.4, 0.5) is 9.18 Å². The third-order valence-corrected chi connectivity index (χ3v) is 4.91. The number of hydrogen-bond donors (Lipinski definition) is 1. The molecular weight excluding hydrogens is 323 g/mol. The lowest BCUT2D eigenvalue weighted by Crippen LogP contribution is -2.64. The van der Waals surface area contributed by atoms with E-state index in [-0.39, 0.29) is 17.8 Å². The predicted octanol–water partition coefficient (Wildman–Crippen LogP) is 3.60. The summed E-state index contributed by atoms with van der Waals surface area (Å²) >= 11 is 0. The van der Waals surface area contributed by atoms with Crippen molar-refractivity contribution in [3.8, 4) is 11.5 Å². The largest absolute Gasteiger partial charge is 0.496 e. The highest BCUT2D eigenvalue weighted by atomic mass is 19.1. The minimum Gasteiger partial charge on any atom is -0.496 e. The first-order valence-corrected chi connectivity index (χ1v) is 8.19. The van der Waals surface area contributed by atoms with Gasteiger partial charge in [0.1, 0.15) is 5.75 Å². The second-order valence-electron chi connectivity index (χ2n) is 6.54. The normalized spacial score (nSPS) is 24.2. The molecule has 2 unspecified atom stereocenters. The number of nitrogens with zero attached hydrogens (tertiary/aromatic N) is 1. The van der Waals surface area contributed by atoms with E-state index in [1.165, 1.54) is 6.07 Å². The van der Waals surface area contributed by atoms with Gasteiger partial charge in [0.05, 0.1) is 19.7 Å². The number of methoxy groups -OCH3 is 1. The first-order valence-electron chi connectivity index (χ1n) is 8.19. The number of urea groups is 1. The summed E-state index contributed by atoms with van der Waals surface area (Å²) in [6.45, 7) is 2.13. The van der Waals surface area contributed by atoms with E-state index >= 15 is 0 Å². The molecule has 2 aromatic rings. The molecule has 2 bridgehead atoms. The van der Waals surface area contributed by atoms with Crippen LogP contribution in [0.2, 0.25) is 0 Å². The number of halogens is 1. The van der Waals surface area contributed by atoms with Gasteiger partial charge in [0.15, 0.2) is 17.3 Å². The average Bonchev–Trinajstić information content (AvgIpc) is 2.60. The molecule has 2 aliphatic rings. The molecule has 4 rings (SSSR count). The van der Waals surface area contributed by atoms with Crippen LogP contribution in [0.3, 0.4) is 0 Å². The number of rotatable bonds is 3. The quantitative estimate of drug-likeness (QED) is 0.927. The SMILES string of the molecule is COc1ccccc1CN1C(=O)NC2CC1(C)Oc1c(F)cccc12. The van der Waals surface area contributed by atoms with Gasteiger partial charge < -0.3 is 14.8 Å². The summed E-state index contributed by atoms with van der Waals surface area (Å²) in [5, 5.41) is 2.96. The fraction of sp³-hybridized carbons (Fsp3) is 0.316. The summed E-state index contributed by atoms with van der Waals surface area (Å²) in [4.78, 5) is 14.3. The molecule has 5 nitrogen and oxygen atoms in total. The molecule has 2 aliphatic heterocycles. The Morgan fingerprint density at radius 3 is 2.92 bits per heavy atom. The highest BCUT2D eigenvalue weighted by molar-refractivity contribution is 5.77. The van der Waals surface area contributed by atoms with Crippen molar-refractivity contribution in [2.75, 3.05) is 7.11 Å². The van der Waals surface area contributed by atoms with Crippen molar-refractivity contribution >= 4 is 6.03 Å². The highest BCUT2D eigenvalue weighted by Crippen LogP contribution is 2.45. The van der Waals surface area contributed by atoms with Gasteiger partial charge in [0, 0.05) is 17.5 Å². The standard InChI is InChI=1S/C19H19FN2O3/c1-19-10-15(13-7-5-8-14(20)17(13)25-19)21-18(23)22(19)11-12-6-3-4-9-16(12)24-2/h3-9,15H,10-11H2,1-2H3,(H,21,23).